The van der Waals surface area contributed by atoms with Crippen LogP contribution < -0.4 is 0 Å². The maximum Gasteiger partial charge on any atom is 0.311 e. The second-order valence-corrected chi connectivity index (χ2v) is 10.0. The van der Waals surface area contributed by atoms with Gasteiger partial charge in [0.15, 0.2) is 0 Å². The van der Waals surface area contributed by atoms with Crippen LogP contribution >= 0.6 is 0 Å². The maximum atomic E-state index is 12.8. The smallest absolute Gasteiger partial charge is 0.311 e. The van der Waals surface area contributed by atoms with E-state index in [1.165, 1.54) is 19.3 Å². The monoisotopic (exact) mass is 363 g/mol. The van der Waals surface area contributed by atoms with Gasteiger partial charge in [0, 0.05) is 31.0 Å². The third kappa shape index (κ3) is 2.29. The lowest BCUT2D eigenvalue weighted by Crippen LogP contribution is -2.55. The summed E-state index contributed by atoms with van der Waals surface area (Å²) in [5.74, 6) is 0.796. The molecule has 0 unspecified atom stereocenters. The average molecular weight is 363 g/mol. The molecule has 9 atom stereocenters. The van der Waals surface area contributed by atoms with E-state index in [9.17, 15) is 4.79 Å². The van der Waals surface area contributed by atoms with Gasteiger partial charge in [-0.2, -0.15) is 0 Å². The fourth-order valence-corrected chi connectivity index (χ4v) is 7.15. The number of carbonyl (C=O) groups excluding carboxylic acids is 1. The molecule has 146 valence electrons. The summed E-state index contributed by atoms with van der Waals surface area (Å²) in [5.41, 5.74) is 0.178. The Kier molecular flexibility index (Phi) is 3.81. The molecule has 0 aromatic carbocycles. The Balaban J connectivity index is 1.38. The van der Waals surface area contributed by atoms with Gasteiger partial charge in [0.05, 0.1) is 24.2 Å². The lowest BCUT2D eigenvalue weighted by atomic mass is 9.53. The van der Waals surface area contributed by atoms with Gasteiger partial charge in [-0.1, -0.05) is 20.3 Å². The van der Waals surface area contributed by atoms with Crippen LogP contribution in [0.15, 0.2) is 0 Å². The van der Waals surface area contributed by atoms with E-state index in [0.29, 0.717) is 5.92 Å². The second-order valence-electron chi connectivity index (χ2n) is 10.0. The first-order chi connectivity index (χ1) is 12.3. The second kappa shape index (κ2) is 5.68. The summed E-state index contributed by atoms with van der Waals surface area (Å²) < 4.78 is 18.3. The van der Waals surface area contributed by atoms with Crippen molar-refractivity contribution in [2.24, 2.45) is 23.2 Å². The molecule has 3 heterocycles. The number of carbonyl (C=O) groups is 1. The van der Waals surface area contributed by atoms with E-state index in [-0.39, 0.29) is 53.2 Å². The maximum absolute atomic E-state index is 12.8. The van der Waals surface area contributed by atoms with Gasteiger partial charge in [0.25, 0.3) is 0 Å². The highest BCUT2D eigenvalue weighted by Crippen LogP contribution is 2.70. The molecule has 3 saturated heterocycles. The van der Waals surface area contributed by atoms with Gasteiger partial charge in [-0.3, -0.25) is 9.69 Å². The predicted octanol–water partition coefficient (Wildman–Crippen LogP) is 2.62. The van der Waals surface area contributed by atoms with Crippen molar-refractivity contribution < 1.29 is 19.0 Å². The average Bonchev–Trinajstić information content (AvgIpc) is 3.22. The molecule has 2 saturated carbocycles. The van der Waals surface area contributed by atoms with Gasteiger partial charge in [-0.05, 0) is 39.0 Å². The standard InChI is InChI=1S/C21H33NO4/c1-12-6-5-7-20(4)8-16-17(18-21(12,20)26-18)15(19(23)25-16)11-22-9-13(2)24-14(3)10-22/h12-18H,5-11H2,1-4H3/t12-,13-,14+,15+,16+,17+,18+,20+,21-/m0/s1. The Morgan fingerprint density at radius 1 is 1.19 bits per heavy atom. The number of nitrogens with zero attached hydrogens (tertiary/aromatic N) is 1. The number of rotatable bonds is 2. The number of hydrogen-bond acceptors (Lipinski definition) is 5. The molecule has 5 aliphatic rings. The summed E-state index contributed by atoms with van der Waals surface area (Å²) in [7, 11) is 0. The van der Waals surface area contributed by atoms with Gasteiger partial charge < -0.3 is 14.2 Å². The number of epoxide rings is 1. The van der Waals surface area contributed by atoms with E-state index in [2.05, 4.69) is 32.6 Å². The van der Waals surface area contributed by atoms with Gasteiger partial charge >= 0.3 is 5.97 Å². The Bertz CT molecular complexity index is 601. The van der Waals surface area contributed by atoms with Crippen molar-refractivity contribution in [3.05, 3.63) is 0 Å². The molecule has 0 N–H and O–H groups in total. The van der Waals surface area contributed by atoms with Crippen LogP contribution in [0.2, 0.25) is 0 Å². The summed E-state index contributed by atoms with van der Waals surface area (Å²) in [6.45, 7) is 11.6. The third-order valence-electron chi connectivity index (χ3n) is 8.14. The van der Waals surface area contributed by atoms with E-state index in [1.807, 2.05) is 0 Å². The summed E-state index contributed by atoms with van der Waals surface area (Å²) >= 11 is 0. The van der Waals surface area contributed by atoms with Gasteiger partial charge in [-0.15, -0.1) is 0 Å². The van der Waals surface area contributed by atoms with Crippen LogP contribution in [0.25, 0.3) is 0 Å². The van der Waals surface area contributed by atoms with Gasteiger partial charge in [-0.25, -0.2) is 0 Å². The fourth-order valence-electron chi connectivity index (χ4n) is 7.15. The zero-order valence-corrected chi connectivity index (χ0v) is 16.6. The van der Waals surface area contributed by atoms with Crippen LogP contribution in [0.1, 0.15) is 53.4 Å². The van der Waals surface area contributed by atoms with E-state index in [0.717, 1.165) is 26.1 Å². The molecule has 5 rings (SSSR count). The van der Waals surface area contributed by atoms with Crippen molar-refractivity contribution in [2.75, 3.05) is 19.6 Å². The SMILES string of the molecule is C[C@@H]1CN(C[C@H]2C(=O)O[C@@H]3C[C@@]4(C)CCC[C@H](C)[C@@]45O[C@@H]5[C@@H]32)C[C@H](C)O1. The predicted molar refractivity (Wildman–Crippen MR) is 96.7 cm³/mol. The number of esters is 1. The molecular weight excluding hydrogens is 330 g/mol. The zero-order valence-electron chi connectivity index (χ0n) is 16.6. The Morgan fingerprint density at radius 3 is 2.65 bits per heavy atom. The first-order valence-corrected chi connectivity index (χ1v) is 10.6. The van der Waals surface area contributed by atoms with Gasteiger partial charge in [0.2, 0.25) is 0 Å². The largest absolute Gasteiger partial charge is 0.462 e. The van der Waals surface area contributed by atoms with Crippen LogP contribution in [0.5, 0.6) is 0 Å². The topological polar surface area (TPSA) is 51.3 Å². The highest BCUT2D eigenvalue weighted by molar-refractivity contribution is 5.76. The van der Waals surface area contributed by atoms with Crippen molar-refractivity contribution in [1.29, 1.82) is 0 Å². The minimum atomic E-state index is -0.0412. The Morgan fingerprint density at radius 2 is 1.92 bits per heavy atom. The van der Waals surface area contributed by atoms with Crippen LogP contribution in [0.3, 0.4) is 0 Å². The number of hydrogen-bond donors (Lipinski definition) is 0. The molecule has 5 heteroatoms. The molecular formula is C21H33NO4. The van der Waals surface area contributed by atoms with E-state index in [4.69, 9.17) is 14.2 Å². The Labute approximate surface area is 156 Å². The molecule has 26 heavy (non-hydrogen) atoms. The molecule has 0 radical (unpaired) electrons. The summed E-state index contributed by atoms with van der Waals surface area (Å²) in [5, 5.41) is 0. The quantitative estimate of drug-likeness (QED) is 0.558. The highest BCUT2D eigenvalue weighted by atomic mass is 16.6. The van der Waals surface area contributed by atoms with E-state index < -0.39 is 0 Å². The highest BCUT2D eigenvalue weighted by Gasteiger charge is 2.78. The molecule has 5 fully saturated rings. The zero-order chi connectivity index (χ0) is 18.3. The molecule has 0 aromatic heterocycles. The van der Waals surface area contributed by atoms with Crippen LogP contribution in [0.4, 0.5) is 0 Å². The van der Waals surface area contributed by atoms with E-state index in [1.54, 1.807) is 0 Å². The lowest BCUT2D eigenvalue weighted by molar-refractivity contribution is -0.147. The minimum absolute atomic E-state index is 0.00421. The fraction of sp³-hybridized carbons (Fsp3) is 0.952. The number of morpholine rings is 1. The van der Waals surface area contributed by atoms with Crippen LogP contribution in [-0.4, -0.2) is 60.5 Å². The molecule has 2 aliphatic carbocycles. The van der Waals surface area contributed by atoms with Crippen molar-refractivity contribution >= 4 is 5.97 Å². The van der Waals surface area contributed by atoms with Crippen molar-refractivity contribution in [1.82, 2.24) is 4.90 Å². The molecule has 0 amide bonds. The van der Waals surface area contributed by atoms with E-state index >= 15 is 0 Å². The summed E-state index contributed by atoms with van der Waals surface area (Å²) in [6.07, 6.45) is 5.43. The molecule has 0 bridgehead atoms. The van der Waals surface area contributed by atoms with Crippen molar-refractivity contribution in [3.63, 3.8) is 0 Å². The first kappa shape index (κ1) is 17.4. The minimum Gasteiger partial charge on any atom is -0.462 e. The van der Waals surface area contributed by atoms with Crippen molar-refractivity contribution in [3.8, 4) is 0 Å². The normalized spacial score (nSPS) is 56.3. The molecule has 0 aromatic rings. The van der Waals surface area contributed by atoms with Crippen molar-refractivity contribution in [2.45, 2.75) is 83.4 Å². The third-order valence-corrected chi connectivity index (χ3v) is 8.14. The summed E-state index contributed by atoms with van der Waals surface area (Å²) in [4.78, 5) is 15.2. The molecule has 5 nitrogen and oxygen atoms in total. The number of fused-ring (bicyclic) bond motifs is 2. The van der Waals surface area contributed by atoms with Gasteiger partial charge in [0.1, 0.15) is 11.7 Å². The summed E-state index contributed by atoms with van der Waals surface area (Å²) in [6, 6.07) is 0. The lowest BCUT2D eigenvalue weighted by Gasteiger charge is -2.49. The first-order valence-electron chi connectivity index (χ1n) is 10.6. The molecule has 3 aliphatic heterocycles. The molecule has 1 spiro atoms. The van der Waals surface area contributed by atoms with Crippen LogP contribution in [-0.2, 0) is 19.0 Å². The van der Waals surface area contributed by atoms with Crippen LogP contribution in [0, 0.1) is 23.2 Å². The Hall–Kier alpha value is -0.650. The number of ether oxygens (including phenoxy) is 3.